The highest BCUT2D eigenvalue weighted by molar-refractivity contribution is 6.02. The number of rotatable bonds is 4. The van der Waals surface area contributed by atoms with E-state index in [1.807, 2.05) is 6.07 Å². The van der Waals surface area contributed by atoms with Crippen LogP contribution in [-0.2, 0) is 27.5 Å². The quantitative estimate of drug-likeness (QED) is 0.111. The predicted molar refractivity (Wildman–Crippen MR) is 120 cm³/mol. The van der Waals surface area contributed by atoms with Gasteiger partial charge in [0.2, 0.25) is 11.8 Å². The molecule has 6 rings (SSSR count). The topological polar surface area (TPSA) is 209 Å². The van der Waals surface area contributed by atoms with Crippen LogP contribution in [0.2, 0.25) is 0 Å². The molecule has 2 unspecified atom stereocenters. The molecule has 1 aromatic rings. The lowest BCUT2D eigenvalue weighted by Gasteiger charge is -2.41. The van der Waals surface area contributed by atoms with Crippen molar-refractivity contribution in [3.8, 4) is 0 Å². The lowest BCUT2D eigenvalue weighted by Crippen LogP contribution is -2.92. The van der Waals surface area contributed by atoms with Gasteiger partial charge in [-0.3, -0.25) is 41.1 Å². The molecule has 4 atom stereocenters. The van der Waals surface area contributed by atoms with Crippen LogP contribution >= 0.6 is 0 Å². The van der Waals surface area contributed by atoms with Crippen LogP contribution < -0.4 is 32.4 Å². The lowest BCUT2D eigenvalue weighted by molar-refractivity contribution is -0.674. The Hall–Kier alpha value is -3.75. The number of carbonyl (C=O) groups is 3. The van der Waals surface area contributed by atoms with Crippen LogP contribution in [0.3, 0.4) is 0 Å². The Morgan fingerprint density at radius 2 is 2.00 bits per heavy atom. The fourth-order valence-electron chi connectivity index (χ4n) is 6.07. The molecule has 2 fully saturated rings. The SMILES string of the molecule is NC1=[NH+][C@H]2[C@H](CN3C(=O)CCC3=O)NC(N)=[N+]3CC(NC(=O)c4cccc5c4COC5)C(O)(O)C23N1. The smallest absolute Gasteiger partial charge is 0.347 e. The van der Waals surface area contributed by atoms with Gasteiger partial charge in [0.15, 0.2) is 6.04 Å². The van der Waals surface area contributed by atoms with E-state index in [0.717, 1.165) is 16.0 Å². The van der Waals surface area contributed by atoms with Gasteiger partial charge in [0.1, 0.15) is 12.1 Å². The number of likely N-dealkylation sites (tertiary alicyclic amines) is 1. The number of ether oxygens (including phenoxy) is 1. The second-order valence-electron chi connectivity index (χ2n) is 9.76. The molecule has 10 N–H and O–H groups in total. The number of guanidine groups is 2. The summed E-state index contributed by atoms with van der Waals surface area (Å²) in [6, 6.07) is 2.57. The third-order valence-electron chi connectivity index (χ3n) is 7.81. The van der Waals surface area contributed by atoms with Gasteiger partial charge in [-0.1, -0.05) is 12.1 Å². The van der Waals surface area contributed by atoms with E-state index in [1.165, 1.54) is 4.58 Å². The summed E-state index contributed by atoms with van der Waals surface area (Å²) in [4.78, 5) is 41.9. The molecule has 5 heterocycles. The minimum atomic E-state index is -2.57. The van der Waals surface area contributed by atoms with Crippen molar-refractivity contribution >= 4 is 29.6 Å². The van der Waals surface area contributed by atoms with Gasteiger partial charge in [-0.25, -0.2) is 9.89 Å². The fraction of sp³-hybridized carbons (Fsp3) is 0.500. The molecule has 0 aliphatic carbocycles. The number of amides is 3. The highest BCUT2D eigenvalue weighted by atomic mass is 16.5. The number of nitrogens with one attached hydrogen (secondary N) is 4. The predicted octanol–water partition coefficient (Wildman–Crippen LogP) is -5.98. The Balaban J connectivity index is 1.33. The molecule has 14 heteroatoms. The Bertz CT molecular complexity index is 1240. The molecule has 0 radical (unpaired) electrons. The number of aliphatic hydroxyl groups is 2. The minimum absolute atomic E-state index is 0.0517. The van der Waals surface area contributed by atoms with Crippen LogP contribution in [0.1, 0.15) is 34.3 Å². The van der Waals surface area contributed by atoms with E-state index < -0.39 is 35.5 Å². The van der Waals surface area contributed by atoms with Crippen LogP contribution in [-0.4, -0.2) is 92.0 Å². The molecular formula is C22H28N8O6+2. The van der Waals surface area contributed by atoms with Gasteiger partial charge in [0, 0.05) is 18.4 Å². The highest BCUT2D eigenvalue weighted by Gasteiger charge is 2.78. The largest absolute Gasteiger partial charge is 0.372 e. The third kappa shape index (κ3) is 2.98. The van der Waals surface area contributed by atoms with Crippen molar-refractivity contribution in [2.24, 2.45) is 11.5 Å². The van der Waals surface area contributed by atoms with Crippen molar-refractivity contribution in [2.75, 3.05) is 13.1 Å². The molecular weight excluding hydrogens is 472 g/mol. The molecule has 0 saturated carbocycles. The Morgan fingerprint density at radius 1 is 1.25 bits per heavy atom. The van der Waals surface area contributed by atoms with Crippen LogP contribution in [0.15, 0.2) is 18.2 Å². The average molecular weight is 501 g/mol. The number of imide groups is 1. The van der Waals surface area contributed by atoms with Crippen molar-refractivity contribution in [2.45, 2.75) is 55.6 Å². The first-order valence-corrected chi connectivity index (χ1v) is 11.7. The van der Waals surface area contributed by atoms with Gasteiger partial charge in [-0.05, 0) is 17.2 Å². The number of hydrogen-bond donors (Lipinski definition) is 8. The second kappa shape index (κ2) is 7.62. The first-order valence-electron chi connectivity index (χ1n) is 11.7. The number of nitrogens with zero attached hydrogens (tertiary/aromatic N) is 2. The van der Waals surface area contributed by atoms with E-state index in [9.17, 15) is 24.6 Å². The summed E-state index contributed by atoms with van der Waals surface area (Å²) in [5.74, 6) is -3.53. The molecule has 3 amide bonds. The van der Waals surface area contributed by atoms with Crippen LogP contribution in [0, 0.1) is 0 Å². The van der Waals surface area contributed by atoms with Crippen molar-refractivity contribution in [3.63, 3.8) is 0 Å². The van der Waals surface area contributed by atoms with Crippen LogP contribution in [0.25, 0.3) is 0 Å². The molecule has 5 aliphatic heterocycles. The Labute approximate surface area is 205 Å². The van der Waals surface area contributed by atoms with Gasteiger partial charge in [0.05, 0.1) is 26.3 Å². The summed E-state index contributed by atoms with van der Waals surface area (Å²) < 4.78 is 6.95. The third-order valence-corrected chi connectivity index (χ3v) is 7.81. The van der Waals surface area contributed by atoms with Crippen molar-refractivity contribution in [1.29, 1.82) is 0 Å². The second-order valence-corrected chi connectivity index (χ2v) is 9.76. The summed E-state index contributed by atoms with van der Waals surface area (Å²) in [5.41, 5.74) is 12.7. The molecule has 2 saturated heterocycles. The zero-order valence-corrected chi connectivity index (χ0v) is 19.3. The minimum Gasteiger partial charge on any atom is -0.372 e. The highest BCUT2D eigenvalue weighted by Crippen LogP contribution is 2.38. The van der Waals surface area contributed by atoms with E-state index in [2.05, 4.69) is 20.9 Å². The molecule has 1 spiro atoms. The average Bonchev–Trinajstić information content (AvgIpc) is 3.57. The summed E-state index contributed by atoms with van der Waals surface area (Å²) in [6.45, 7) is 0.593. The van der Waals surface area contributed by atoms with Crippen molar-refractivity contribution < 1.29 is 38.9 Å². The number of benzene rings is 1. The normalized spacial score (nSPS) is 32.0. The fourth-order valence-corrected chi connectivity index (χ4v) is 6.07. The van der Waals surface area contributed by atoms with Crippen LogP contribution in [0.4, 0.5) is 0 Å². The lowest BCUT2D eigenvalue weighted by atomic mass is 9.85. The molecule has 0 bridgehead atoms. The zero-order valence-electron chi connectivity index (χ0n) is 19.3. The first kappa shape index (κ1) is 22.7. The van der Waals surface area contributed by atoms with E-state index >= 15 is 0 Å². The van der Waals surface area contributed by atoms with Gasteiger partial charge >= 0.3 is 11.9 Å². The standard InChI is InChI=1S/C22H26N8O6/c23-19-27-17-13(6-29-15(31)4-5-16(29)32)25-20(24)30-7-14(22(34,35)21(17,30)28-19)26-18(33)11-3-1-2-10-8-36-9-12(10)11/h1-3,13-14,17,34-35H,4-9H2,(H6,23,24,25,26,27,28,33)/p+2/t13-,14?,17-,21?/m0/s1. The summed E-state index contributed by atoms with van der Waals surface area (Å²) in [5, 5.41) is 31.9. The maximum atomic E-state index is 13.2. The van der Waals surface area contributed by atoms with Crippen LogP contribution in [0.5, 0.6) is 0 Å². The Kier molecular flexibility index (Phi) is 4.81. The maximum Gasteiger partial charge on any atom is 0.347 e. The van der Waals surface area contributed by atoms with Gasteiger partial charge in [-0.2, -0.15) is 0 Å². The number of fused-ring (bicyclic) bond motifs is 1. The van der Waals surface area contributed by atoms with Crippen molar-refractivity contribution in [3.05, 3.63) is 34.9 Å². The number of carbonyl (C=O) groups excluding carboxylic acids is 3. The van der Waals surface area contributed by atoms with E-state index in [-0.39, 0.29) is 49.7 Å². The molecule has 1 aromatic carbocycles. The van der Waals surface area contributed by atoms with E-state index in [4.69, 9.17) is 16.2 Å². The first-order chi connectivity index (χ1) is 17.1. The molecule has 5 aliphatic rings. The summed E-state index contributed by atoms with van der Waals surface area (Å²) >= 11 is 0. The summed E-state index contributed by atoms with van der Waals surface area (Å²) in [7, 11) is 0. The maximum absolute atomic E-state index is 13.2. The molecule has 0 aromatic heterocycles. The van der Waals surface area contributed by atoms with Crippen molar-refractivity contribution in [1.82, 2.24) is 20.9 Å². The van der Waals surface area contributed by atoms with Gasteiger partial charge < -0.3 is 20.3 Å². The molecule has 14 nitrogen and oxygen atoms in total. The number of nitrogens with two attached hydrogens (primary N) is 2. The Morgan fingerprint density at radius 3 is 2.75 bits per heavy atom. The molecule has 190 valence electrons. The van der Waals surface area contributed by atoms with Gasteiger partial charge in [-0.15, -0.1) is 0 Å². The summed E-state index contributed by atoms with van der Waals surface area (Å²) in [6.07, 6.45) is 0.248. The van der Waals surface area contributed by atoms with E-state index in [1.54, 1.807) is 12.1 Å². The monoisotopic (exact) mass is 500 g/mol. The number of hydrogen-bond acceptors (Lipinski definition) is 10. The van der Waals surface area contributed by atoms with Gasteiger partial charge in [0.25, 0.3) is 17.4 Å². The zero-order chi connectivity index (χ0) is 25.4. The van der Waals surface area contributed by atoms with E-state index in [0.29, 0.717) is 18.8 Å². The molecule has 36 heavy (non-hydrogen) atoms.